The third-order valence-corrected chi connectivity index (χ3v) is 3.24. The minimum atomic E-state index is -0.113. The van der Waals surface area contributed by atoms with Crippen LogP contribution in [-0.2, 0) is 13.0 Å². The Morgan fingerprint density at radius 3 is 2.89 bits per heavy atom. The number of aryl methyl sites for hydroxylation is 1. The molecule has 0 saturated carbocycles. The van der Waals surface area contributed by atoms with Crippen LogP contribution in [0, 0.1) is 0 Å². The minimum Gasteiger partial charge on any atom is -0.294 e. The number of benzene rings is 1. The van der Waals surface area contributed by atoms with Crippen molar-refractivity contribution in [3.63, 3.8) is 0 Å². The number of carbonyl (C=O) groups is 1. The molecule has 2 rings (SSSR count). The van der Waals surface area contributed by atoms with Crippen molar-refractivity contribution in [3.05, 3.63) is 46.0 Å². The number of hydrogen-bond acceptors (Lipinski definition) is 3. The molecule has 6 heteroatoms. The van der Waals surface area contributed by atoms with Crippen LogP contribution in [0.3, 0.4) is 0 Å². The second-order valence-corrected chi connectivity index (χ2v) is 4.97. The number of hydrogen-bond donors (Lipinski definition) is 0. The molecule has 1 heterocycles. The summed E-state index contributed by atoms with van der Waals surface area (Å²) in [4.78, 5) is 16.3. The average molecular weight is 298 g/mol. The number of aromatic nitrogens is 3. The molecule has 2 aromatic rings. The SMILES string of the molecule is CCCn1ncnc1CC(=O)c1cc(Cl)ccc1Cl. The lowest BCUT2D eigenvalue weighted by Gasteiger charge is -2.06. The summed E-state index contributed by atoms with van der Waals surface area (Å²) < 4.78 is 1.73. The van der Waals surface area contributed by atoms with E-state index in [9.17, 15) is 4.79 Å². The third-order valence-electron chi connectivity index (χ3n) is 2.68. The Morgan fingerprint density at radius 2 is 2.16 bits per heavy atom. The molecule has 0 amide bonds. The highest BCUT2D eigenvalue weighted by Gasteiger charge is 2.15. The van der Waals surface area contributed by atoms with Gasteiger partial charge in [-0.05, 0) is 24.6 Å². The van der Waals surface area contributed by atoms with E-state index in [0.29, 0.717) is 21.4 Å². The molecule has 0 atom stereocenters. The molecule has 0 bridgehead atoms. The first-order valence-corrected chi connectivity index (χ1v) is 6.72. The second kappa shape index (κ2) is 6.17. The minimum absolute atomic E-state index is 0.113. The largest absolute Gasteiger partial charge is 0.294 e. The van der Waals surface area contributed by atoms with Gasteiger partial charge < -0.3 is 0 Å². The van der Waals surface area contributed by atoms with Crippen LogP contribution in [0.2, 0.25) is 10.0 Å². The van der Waals surface area contributed by atoms with Crippen LogP contribution in [0.15, 0.2) is 24.5 Å². The Labute approximate surface area is 121 Å². The summed E-state index contributed by atoms with van der Waals surface area (Å²) in [7, 11) is 0. The molecule has 1 aromatic carbocycles. The standard InChI is InChI=1S/C13H13Cl2N3O/c1-2-5-18-13(16-8-17-18)7-12(19)10-6-9(14)3-4-11(10)15/h3-4,6,8H,2,5,7H2,1H3. The maximum Gasteiger partial charge on any atom is 0.171 e. The van der Waals surface area contributed by atoms with Crippen LogP contribution in [-0.4, -0.2) is 20.5 Å². The van der Waals surface area contributed by atoms with E-state index in [4.69, 9.17) is 23.2 Å². The van der Waals surface area contributed by atoms with Crippen molar-refractivity contribution in [2.75, 3.05) is 0 Å². The van der Waals surface area contributed by atoms with E-state index in [-0.39, 0.29) is 12.2 Å². The van der Waals surface area contributed by atoms with Gasteiger partial charge in [0.05, 0.1) is 11.4 Å². The highest BCUT2D eigenvalue weighted by molar-refractivity contribution is 6.35. The zero-order valence-corrected chi connectivity index (χ0v) is 11.9. The molecule has 100 valence electrons. The monoisotopic (exact) mass is 297 g/mol. The van der Waals surface area contributed by atoms with Gasteiger partial charge in [-0.1, -0.05) is 30.1 Å². The Hall–Kier alpha value is -1.39. The summed E-state index contributed by atoms with van der Waals surface area (Å²) in [6, 6.07) is 4.85. The van der Waals surface area contributed by atoms with Gasteiger partial charge in [0, 0.05) is 17.1 Å². The van der Waals surface area contributed by atoms with Gasteiger partial charge in [-0.2, -0.15) is 5.10 Å². The first kappa shape index (κ1) is 14.0. The molecule has 0 N–H and O–H groups in total. The van der Waals surface area contributed by atoms with Crippen LogP contribution < -0.4 is 0 Å². The third kappa shape index (κ3) is 3.33. The fourth-order valence-electron chi connectivity index (χ4n) is 1.77. The summed E-state index contributed by atoms with van der Waals surface area (Å²) in [6.45, 7) is 2.78. The maximum absolute atomic E-state index is 12.2. The molecular weight excluding hydrogens is 285 g/mol. The molecule has 0 aliphatic carbocycles. The van der Waals surface area contributed by atoms with Gasteiger partial charge >= 0.3 is 0 Å². The zero-order valence-electron chi connectivity index (χ0n) is 10.4. The Bertz CT molecular complexity index is 595. The van der Waals surface area contributed by atoms with Crippen LogP contribution in [0.5, 0.6) is 0 Å². The molecule has 0 unspecified atom stereocenters. The lowest BCUT2D eigenvalue weighted by atomic mass is 10.1. The van der Waals surface area contributed by atoms with Gasteiger partial charge in [0.25, 0.3) is 0 Å². The Morgan fingerprint density at radius 1 is 1.37 bits per heavy atom. The number of nitrogens with zero attached hydrogens (tertiary/aromatic N) is 3. The Balaban J connectivity index is 2.21. The highest BCUT2D eigenvalue weighted by Crippen LogP contribution is 2.22. The van der Waals surface area contributed by atoms with E-state index >= 15 is 0 Å². The average Bonchev–Trinajstić information content (AvgIpc) is 2.80. The first-order chi connectivity index (χ1) is 9.11. The number of rotatable bonds is 5. The van der Waals surface area contributed by atoms with Gasteiger partial charge in [0.2, 0.25) is 0 Å². The molecule has 0 radical (unpaired) electrons. The van der Waals surface area contributed by atoms with Crippen molar-refractivity contribution in [3.8, 4) is 0 Å². The molecule has 4 nitrogen and oxygen atoms in total. The van der Waals surface area contributed by atoms with Gasteiger partial charge in [0.1, 0.15) is 12.2 Å². The van der Waals surface area contributed by atoms with Crippen molar-refractivity contribution < 1.29 is 4.79 Å². The summed E-state index contributed by atoms with van der Waals surface area (Å²) >= 11 is 11.9. The maximum atomic E-state index is 12.2. The number of ketones is 1. The molecular formula is C13H13Cl2N3O. The van der Waals surface area contributed by atoms with Crippen LogP contribution >= 0.6 is 23.2 Å². The summed E-state index contributed by atoms with van der Waals surface area (Å²) in [5.41, 5.74) is 0.417. The molecule has 1 aromatic heterocycles. The van der Waals surface area contributed by atoms with Gasteiger partial charge in [-0.25, -0.2) is 9.67 Å². The number of halogens is 2. The van der Waals surface area contributed by atoms with Gasteiger partial charge in [-0.15, -0.1) is 0 Å². The summed E-state index contributed by atoms with van der Waals surface area (Å²) in [5.74, 6) is 0.528. The van der Waals surface area contributed by atoms with E-state index in [0.717, 1.165) is 13.0 Å². The predicted molar refractivity (Wildman–Crippen MR) is 74.8 cm³/mol. The molecule has 0 saturated heterocycles. The molecule has 0 aliphatic heterocycles. The second-order valence-electron chi connectivity index (χ2n) is 4.12. The van der Waals surface area contributed by atoms with Crippen molar-refractivity contribution in [1.82, 2.24) is 14.8 Å². The van der Waals surface area contributed by atoms with Crippen molar-refractivity contribution in [1.29, 1.82) is 0 Å². The van der Waals surface area contributed by atoms with E-state index < -0.39 is 0 Å². The summed E-state index contributed by atoms with van der Waals surface area (Å²) in [6.07, 6.45) is 2.56. The molecule has 0 aliphatic rings. The van der Waals surface area contributed by atoms with E-state index in [2.05, 4.69) is 10.1 Å². The van der Waals surface area contributed by atoms with Crippen LogP contribution in [0.25, 0.3) is 0 Å². The van der Waals surface area contributed by atoms with Crippen LogP contribution in [0.1, 0.15) is 29.5 Å². The fourth-order valence-corrected chi connectivity index (χ4v) is 2.17. The number of Topliss-reactive ketones (excluding diaryl/α,β-unsaturated/α-hetero) is 1. The van der Waals surface area contributed by atoms with Crippen LogP contribution in [0.4, 0.5) is 0 Å². The normalized spacial score (nSPS) is 10.7. The zero-order chi connectivity index (χ0) is 13.8. The van der Waals surface area contributed by atoms with Crippen molar-refractivity contribution >= 4 is 29.0 Å². The molecule has 0 spiro atoms. The smallest absolute Gasteiger partial charge is 0.171 e. The topological polar surface area (TPSA) is 47.8 Å². The fraction of sp³-hybridized carbons (Fsp3) is 0.308. The molecule has 0 fully saturated rings. The van der Waals surface area contributed by atoms with Crippen molar-refractivity contribution in [2.45, 2.75) is 26.3 Å². The van der Waals surface area contributed by atoms with Gasteiger partial charge in [0.15, 0.2) is 5.78 Å². The lowest BCUT2D eigenvalue weighted by molar-refractivity contribution is 0.0989. The Kier molecular flexibility index (Phi) is 4.56. The first-order valence-electron chi connectivity index (χ1n) is 5.96. The van der Waals surface area contributed by atoms with E-state index in [1.165, 1.54) is 6.33 Å². The highest BCUT2D eigenvalue weighted by atomic mass is 35.5. The molecule has 19 heavy (non-hydrogen) atoms. The van der Waals surface area contributed by atoms with Crippen molar-refractivity contribution in [2.24, 2.45) is 0 Å². The van der Waals surface area contributed by atoms with E-state index in [1.807, 2.05) is 6.92 Å². The quantitative estimate of drug-likeness (QED) is 0.795. The lowest BCUT2D eigenvalue weighted by Crippen LogP contribution is -2.12. The van der Waals surface area contributed by atoms with E-state index in [1.54, 1.807) is 22.9 Å². The number of carbonyl (C=O) groups excluding carboxylic acids is 1. The predicted octanol–water partition coefficient (Wildman–Crippen LogP) is 3.42. The summed E-state index contributed by atoms with van der Waals surface area (Å²) in [5, 5.41) is 4.97. The van der Waals surface area contributed by atoms with Gasteiger partial charge in [-0.3, -0.25) is 4.79 Å².